The largest absolute Gasteiger partial charge is 0.507 e. The number of ether oxygens (including phenoxy) is 2. The Kier molecular flexibility index (Phi) is 14.9. The van der Waals surface area contributed by atoms with Crippen LogP contribution in [0.15, 0.2) is 127 Å². The van der Waals surface area contributed by atoms with Crippen LogP contribution in [0.3, 0.4) is 0 Å². The smallest absolute Gasteiger partial charge is 0.314 e. The maximum atomic E-state index is 12.1. The monoisotopic (exact) mass is 737 g/mol. The molecule has 2 amide bonds. The molecule has 0 radical (unpaired) electrons. The molecule has 0 aliphatic carbocycles. The lowest BCUT2D eigenvalue weighted by Crippen LogP contribution is -2.29. The van der Waals surface area contributed by atoms with Gasteiger partial charge in [0, 0.05) is 22.9 Å². The number of anilines is 2. The Bertz CT molecular complexity index is 2090. The number of aromatic nitrogens is 3. The zero-order valence-corrected chi connectivity index (χ0v) is 31.5. The van der Waals surface area contributed by atoms with Gasteiger partial charge in [0.25, 0.3) is 0 Å². The van der Waals surface area contributed by atoms with E-state index in [2.05, 4.69) is 32.5 Å². The van der Waals surface area contributed by atoms with E-state index in [9.17, 15) is 14.7 Å². The first-order valence-corrected chi connectivity index (χ1v) is 18.6. The fourth-order valence-corrected chi connectivity index (χ4v) is 5.60. The second-order valence-electron chi connectivity index (χ2n) is 12.5. The van der Waals surface area contributed by atoms with Gasteiger partial charge in [-0.3, -0.25) is 9.59 Å². The summed E-state index contributed by atoms with van der Waals surface area (Å²) >= 11 is 0. The quantitative estimate of drug-likeness (QED) is 0.0743. The molecule has 0 atom stereocenters. The van der Waals surface area contributed by atoms with Gasteiger partial charge < -0.3 is 25.2 Å². The normalized spacial score (nSPS) is 10.5. The predicted molar refractivity (Wildman–Crippen MR) is 218 cm³/mol. The van der Waals surface area contributed by atoms with E-state index in [4.69, 9.17) is 9.47 Å². The predicted octanol–water partition coefficient (Wildman–Crippen LogP) is 9.76. The van der Waals surface area contributed by atoms with E-state index in [1.54, 1.807) is 42.5 Å². The van der Waals surface area contributed by atoms with Gasteiger partial charge in [-0.15, -0.1) is 0 Å². The molecule has 0 spiro atoms. The molecule has 10 heteroatoms. The Morgan fingerprint density at radius 3 is 1.76 bits per heavy atom. The minimum absolute atomic E-state index is 0.0836. The highest BCUT2D eigenvalue weighted by molar-refractivity contribution is 6.43. The van der Waals surface area contributed by atoms with Gasteiger partial charge in [0.2, 0.25) is 0 Å². The zero-order chi connectivity index (χ0) is 38.8. The first-order valence-electron chi connectivity index (χ1n) is 18.6. The molecule has 0 fully saturated rings. The number of phenols is 1. The van der Waals surface area contributed by atoms with Crippen LogP contribution in [-0.4, -0.2) is 45.1 Å². The number of phenolic OH excluding ortho intramolecular Hbond substituents is 1. The van der Waals surface area contributed by atoms with Crippen LogP contribution < -0.4 is 20.1 Å². The molecule has 0 saturated heterocycles. The average molecular weight is 738 g/mol. The van der Waals surface area contributed by atoms with Crippen molar-refractivity contribution in [3.8, 4) is 51.4 Å². The average Bonchev–Trinajstić information content (AvgIpc) is 3.22. The summed E-state index contributed by atoms with van der Waals surface area (Å²) < 4.78 is 11.2. The van der Waals surface area contributed by atoms with Gasteiger partial charge in [0.1, 0.15) is 17.2 Å². The van der Waals surface area contributed by atoms with Crippen LogP contribution in [0.4, 0.5) is 11.4 Å². The van der Waals surface area contributed by atoms with Crippen molar-refractivity contribution in [2.45, 2.75) is 52.9 Å². The van der Waals surface area contributed by atoms with Crippen molar-refractivity contribution >= 4 is 23.2 Å². The second kappa shape index (κ2) is 20.6. The number of nitrogens with zero attached hydrogens (tertiary/aromatic N) is 3. The lowest BCUT2D eigenvalue weighted by Gasteiger charge is -2.12. The van der Waals surface area contributed by atoms with Gasteiger partial charge in [0.05, 0.1) is 24.5 Å². The van der Waals surface area contributed by atoms with Crippen molar-refractivity contribution in [3.63, 3.8) is 0 Å². The van der Waals surface area contributed by atoms with E-state index in [0.29, 0.717) is 59.1 Å². The molecule has 0 aliphatic heterocycles. The number of aryl methyl sites for hydroxylation is 1. The van der Waals surface area contributed by atoms with E-state index >= 15 is 0 Å². The van der Waals surface area contributed by atoms with E-state index in [1.807, 2.05) is 98.8 Å². The number of para-hydroxylation sites is 3. The zero-order valence-electron chi connectivity index (χ0n) is 31.5. The van der Waals surface area contributed by atoms with Crippen LogP contribution in [0.1, 0.15) is 52.0 Å². The van der Waals surface area contributed by atoms with Gasteiger partial charge >= 0.3 is 11.8 Å². The Hall–Kier alpha value is -6.55. The summed E-state index contributed by atoms with van der Waals surface area (Å²) in [4.78, 5) is 38.2. The molecular weight excluding hydrogens is 691 g/mol. The Labute approximate surface area is 322 Å². The summed E-state index contributed by atoms with van der Waals surface area (Å²) in [5, 5.41) is 15.9. The van der Waals surface area contributed by atoms with Crippen LogP contribution in [0.25, 0.3) is 34.2 Å². The summed E-state index contributed by atoms with van der Waals surface area (Å²) in [6.07, 6.45) is 5.32. The van der Waals surface area contributed by atoms with Crippen molar-refractivity contribution in [1.82, 2.24) is 15.0 Å². The van der Waals surface area contributed by atoms with Crippen LogP contribution in [-0.2, 0) is 16.0 Å². The first kappa shape index (κ1) is 39.7. The lowest BCUT2D eigenvalue weighted by molar-refractivity contribution is -0.133. The number of aromatic hydroxyl groups is 1. The standard InChI is InChI=1S/C27H27N3O2.C18H20N2O3/c1-2-3-4-11-18-32-22-16-17-23(24(31)19-22)27-29-25(20-12-7-5-8-13-20)28-26(30-27)21-14-9-6-10-15-21;1-3-13-9-5-6-10-14(13)19-17(21)18(22)20-15-11-7-8-12-16(15)23-4-2/h5-10,12-17,19,31H,2-4,11,18H2,1H3;5-12H,3-4H2,1-2H3,(H,19,21)(H,20,22). The molecule has 5 aromatic carbocycles. The summed E-state index contributed by atoms with van der Waals surface area (Å²) in [5.41, 5.74) is 4.41. The number of carbonyl (C=O) groups excluding carboxylic acids is 2. The highest BCUT2D eigenvalue weighted by Gasteiger charge is 2.18. The highest BCUT2D eigenvalue weighted by atomic mass is 16.5. The third-order valence-electron chi connectivity index (χ3n) is 8.46. The lowest BCUT2D eigenvalue weighted by atomic mass is 10.1. The molecule has 0 aliphatic rings. The number of benzene rings is 5. The van der Waals surface area contributed by atoms with E-state index < -0.39 is 11.8 Å². The number of hydrogen-bond acceptors (Lipinski definition) is 8. The van der Waals surface area contributed by atoms with Gasteiger partial charge in [-0.05, 0) is 55.7 Å². The maximum absolute atomic E-state index is 12.1. The van der Waals surface area contributed by atoms with Crippen molar-refractivity contribution in [1.29, 1.82) is 0 Å². The molecule has 10 nitrogen and oxygen atoms in total. The van der Waals surface area contributed by atoms with Gasteiger partial charge in [-0.2, -0.15) is 0 Å². The SMILES string of the molecule is CCCCCCOc1ccc(-c2nc(-c3ccccc3)nc(-c3ccccc3)n2)c(O)c1.CCOc1ccccc1NC(=O)C(=O)Nc1ccccc1CC. The Morgan fingerprint density at radius 2 is 1.16 bits per heavy atom. The molecule has 282 valence electrons. The summed E-state index contributed by atoms with van der Waals surface area (Å²) in [6.45, 7) is 7.14. The van der Waals surface area contributed by atoms with Crippen LogP contribution >= 0.6 is 0 Å². The molecular formula is C45H47N5O5. The molecule has 6 aromatic rings. The van der Waals surface area contributed by atoms with Crippen molar-refractivity contribution in [2.75, 3.05) is 23.8 Å². The van der Waals surface area contributed by atoms with E-state index in [0.717, 1.165) is 36.0 Å². The van der Waals surface area contributed by atoms with Crippen LogP contribution in [0.5, 0.6) is 17.2 Å². The minimum atomic E-state index is -0.733. The van der Waals surface area contributed by atoms with Gasteiger partial charge in [-0.1, -0.05) is 124 Å². The van der Waals surface area contributed by atoms with Crippen LogP contribution in [0, 0.1) is 0 Å². The molecule has 0 unspecified atom stereocenters. The Balaban J connectivity index is 0.000000223. The number of hydrogen-bond donors (Lipinski definition) is 3. The fourth-order valence-electron chi connectivity index (χ4n) is 5.60. The molecule has 6 rings (SSSR count). The van der Waals surface area contributed by atoms with E-state index in [-0.39, 0.29) is 5.75 Å². The minimum Gasteiger partial charge on any atom is -0.507 e. The van der Waals surface area contributed by atoms with Crippen molar-refractivity contribution in [2.24, 2.45) is 0 Å². The second-order valence-corrected chi connectivity index (χ2v) is 12.5. The maximum Gasteiger partial charge on any atom is 0.314 e. The fraction of sp³-hybridized carbons (Fsp3) is 0.222. The molecule has 1 heterocycles. The number of unbranched alkanes of at least 4 members (excludes halogenated alkanes) is 3. The van der Waals surface area contributed by atoms with Gasteiger partial charge in [0.15, 0.2) is 17.5 Å². The number of amides is 2. The third kappa shape index (κ3) is 11.5. The summed E-state index contributed by atoms with van der Waals surface area (Å²) in [7, 11) is 0. The van der Waals surface area contributed by atoms with Crippen molar-refractivity contribution in [3.05, 3.63) is 133 Å². The van der Waals surface area contributed by atoms with Crippen LogP contribution in [0.2, 0.25) is 0 Å². The number of carbonyl (C=O) groups is 2. The molecule has 55 heavy (non-hydrogen) atoms. The number of rotatable bonds is 14. The molecule has 3 N–H and O–H groups in total. The topological polar surface area (TPSA) is 136 Å². The summed E-state index contributed by atoms with van der Waals surface area (Å²) in [6, 6.07) is 39.2. The molecule has 0 bridgehead atoms. The van der Waals surface area contributed by atoms with Crippen molar-refractivity contribution < 1.29 is 24.2 Å². The molecule has 1 aromatic heterocycles. The highest BCUT2D eigenvalue weighted by Crippen LogP contribution is 2.33. The molecule has 0 saturated carbocycles. The Morgan fingerprint density at radius 1 is 0.600 bits per heavy atom. The third-order valence-corrected chi connectivity index (χ3v) is 8.46. The first-order chi connectivity index (χ1) is 26.9. The van der Waals surface area contributed by atoms with Gasteiger partial charge in [-0.25, -0.2) is 15.0 Å². The van der Waals surface area contributed by atoms with E-state index in [1.165, 1.54) is 12.8 Å². The number of nitrogens with one attached hydrogen (secondary N) is 2. The summed E-state index contributed by atoms with van der Waals surface area (Å²) in [5.74, 6) is 1.36.